The van der Waals surface area contributed by atoms with Crippen LogP contribution in [0.15, 0.2) is 72.9 Å². The second-order valence-corrected chi connectivity index (χ2v) is 14.5. The number of aliphatic hydroxyl groups excluding tert-OH is 1. The standard InChI is InChI=1S/C42H70NO10P/c1-3-5-7-9-11-13-15-17-18-19-20-22-24-26-28-30-32-34-41(46)51-35-38(44)36-52-54(49,50)53-37-39(42(47)48)43-40(45)33-31-29-27-25-23-21-16-14-12-10-8-6-4-2/h5,7,11,13-14,16-18,20,22,26,28,38-39,44H,3-4,6,8-10,12,15,19,21,23-25,27,29-37H2,1-2H3,(H,43,45)(H,47,48)(H,49,50)/b7-5-,13-11-,16-14-,18-17-,22-20-,28-26-. The Kier molecular flexibility index (Phi) is 34.8. The minimum atomic E-state index is -4.77. The highest BCUT2D eigenvalue weighted by Crippen LogP contribution is 2.43. The SMILES string of the molecule is CC/C=C\C/C=C\C/C=C\C/C=C\C/C=C\CCCC(=O)OCC(O)COP(=O)(O)OCC(NC(=O)CCCCCCC/C=C\CCCCCC)C(=O)O. The Labute approximate surface area is 325 Å². The molecular weight excluding hydrogens is 709 g/mol. The van der Waals surface area contributed by atoms with Crippen LogP contribution in [0, 0.1) is 0 Å². The van der Waals surface area contributed by atoms with Crippen molar-refractivity contribution in [3.05, 3.63) is 72.9 Å². The van der Waals surface area contributed by atoms with Crippen LogP contribution in [0.25, 0.3) is 0 Å². The number of ether oxygens (including phenoxy) is 1. The van der Waals surface area contributed by atoms with Gasteiger partial charge in [0.25, 0.3) is 0 Å². The van der Waals surface area contributed by atoms with Crippen molar-refractivity contribution in [1.29, 1.82) is 0 Å². The van der Waals surface area contributed by atoms with Gasteiger partial charge in [-0.05, 0) is 77.0 Å². The molecule has 12 heteroatoms. The third kappa shape index (κ3) is 35.9. The van der Waals surface area contributed by atoms with Gasteiger partial charge in [-0.1, -0.05) is 125 Å². The number of carboxylic acid groups (broad SMARTS) is 1. The van der Waals surface area contributed by atoms with Crippen molar-refractivity contribution in [2.75, 3.05) is 19.8 Å². The first-order valence-corrected chi connectivity index (χ1v) is 21.5. The average molecular weight is 780 g/mol. The molecular formula is C42H70NO10P. The summed E-state index contributed by atoms with van der Waals surface area (Å²) in [6, 6.07) is -1.56. The third-order valence-electron chi connectivity index (χ3n) is 7.98. The molecule has 0 bridgehead atoms. The number of esters is 1. The molecule has 54 heavy (non-hydrogen) atoms. The molecule has 0 saturated heterocycles. The van der Waals surface area contributed by atoms with E-state index in [0.29, 0.717) is 19.3 Å². The molecule has 3 unspecified atom stereocenters. The number of unbranched alkanes of at least 4 members (excludes halogenated alkanes) is 10. The zero-order valence-corrected chi connectivity index (χ0v) is 33.9. The van der Waals surface area contributed by atoms with E-state index in [9.17, 15) is 34.1 Å². The number of aliphatic hydroxyl groups is 1. The molecule has 0 aromatic carbocycles. The van der Waals surface area contributed by atoms with Crippen molar-refractivity contribution in [1.82, 2.24) is 5.32 Å². The Morgan fingerprint density at radius 3 is 1.67 bits per heavy atom. The number of allylic oxidation sites excluding steroid dienone is 12. The van der Waals surface area contributed by atoms with Crippen LogP contribution in [-0.4, -0.2) is 64.9 Å². The Balaban J connectivity index is 4.05. The van der Waals surface area contributed by atoms with E-state index in [1.54, 1.807) is 0 Å². The summed E-state index contributed by atoms with van der Waals surface area (Å²) in [5.41, 5.74) is 0. The lowest BCUT2D eigenvalue weighted by atomic mass is 10.1. The first-order valence-electron chi connectivity index (χ1n) is 20.0. The van der Waals surface area contributed by atoms with Gasteiger partial charge in [0.1, 0.15) is 12.7 Å². The fourth-order valence-electron chi connectivity index (χ4n) is 4.87. The lowest BCUT2D eigenvalue weighted by Gasteiger charge is -2.18. The number of phosphoric ester groups is 1. The molecule has 0 fully saturated rings. The largest absolute Gasteiger partial charge is 0.480 e. The first-order chi connectivity index (χ1) is 26.1. The molecule has 0 aliphatic carbocycles. The van der Waals surface area contributed by atoms with Crippen LogP contribution in [0.2, 0.25) is 0 Å². The number of carbonyl (C=O) groups is 3. The Bertz CT molecular complexity index is 1190. The molecule has 0 aromatic heterocycles. The molecule has 0 saturated carbocycles. The summed E-state index contributed by atoms with van der Waals surface area (Å²) in [7, 11) is -4.77. The molecule has 0 radical (unpaired) electrons. The summed E-state index contributed by atoms with van der Waals surface area (Å²) in [6.07, 6.45) is 42.2. The molecule has 11 nitrogen and oxygen atoms in total. The highest BCUT2D eigenvalue weighted by atomic mass is 31.2. The van der Waals surface area contributed by atoms with Crippen LogP contribution in [0.1, 0.15) is 142 Å². The van der Waals surface area contributed by atoms with Gasteiger partial charge in [0.2, 0.25) is 5.91 Å². The summed E-state index contributed by atoms with van der Waals surface area (Å²) < 4.78 is 26.7. The van der Waals surface area contributed by atoms with E-state index in [1.165, 1.54) is 25.7 Å². The molecule has 0 rings (SSSR count). The smallest absolute Gasteiger partial charge is 0.472 e. The highest BCUT2D eigenvalue weighted by molar-refractivity contribution is 7.47. The molecule has 0 aromatic rings. The van der Waals surface area contributed by atoms with Crippen molar-refractivity contribution >= 4 is 25.7 Å². The Morgan fingerprint density at radius 1 is 0.611 bits per heavy atom. The van der Waals surface area contributed by atoms with Crippen molar-refractivity contribution in [2.45, 2.75) is 154 Å². The number of carbonyl (C=O) groups excluding carboxylic acids is 2. The van der Waals surface area contributed by atoms with Gasteiger partial charge in [-0.3, -0.25) is 18.6 Å². The topological polar surface area (TPSA) is 169 Å². The number of phosphoric acid groups is 1. The lowest BCUT2D eigenvalue weighted by molar-refractivity contribution is -0.147. The molecule has 0 spiro atoms. The van der Waals surface area contributed by atoms with E-state index in [1.807, 2.05) is 12.2 Å². The molecule has 3 atom stereocenters. The maximum absolute atomic E-state index is 12.3. The maximum atomic E-state index is 12.3. The quantitative estimate of drug-likeness (QED) is 0.0208. The number of aliphatic carboxylic acids is 1. The van der Waals surface area contributed by atoms with E-state index < -0.39 is 57.6 Å². The van der Waals surface area contributed by atoms with Gasteiger partial charge in [0.15, 0.2) is 6.04 Å². The van der Waals surface area contributed by atoms with Crippen molar-refractivity contribution < 1.29 is 47.8 Å². The van der Waals surface area contributed by atoms with Gasteiger partial charge in [-0.15, -0.1) is 0 Å². The zero-order valence-electron chi connectivity index (χ0n) is 33.0. The minimum Gasteiger partial charge on any atom is -0.480 e. The number of nitrogens with one attached hydrogen (secondary N) is 1. The van der Waals surface area contributed by atoms with Gasteiger partial charge < -0.3 is 25.2 Å². The van der Waals surface area contributed by atoms with Crippen LogP contribution in [0.4, 0.5) is 0 Å². The minimum absolute atomic E-state index is 0.128. The maximum Gasteiger partial charge on any atom is 0.472 e. The highest BCUT2D eigenvalue weighted by Gasteiger charge is 2.28. The summed E-state index contributed by atoms with van der Waals surface area (Å²) in [6.45, 7) is 2.37. The van der Waals surface area contributed by atoms with Gasteiger partial charge in [0.05, 0.1) is 13.2 Å². The Hall–Kier alpha value is -3.08. The number of hydrogen-bond donors (Lipinski definition) is 4. The van der Waals surface area contributed by atoms with Crippen LogP contribution in [0.3, 0.4) is 0 Å². The van der Waals surface area contributed by atoms with Gasteiger partial charge in [-0.2, -0.15) is 0 Å². The predicted molar refractivity (Wildman–Crippen MR) is 217 cm³/mol. The van der Waals surface area contributed by atoms with E-state index in [-0.39, 0.29) is 12.8 Å². The summed E-state index contributed by atoms with van der Waals surface area (Å²) in [4.78, 5) is 45.7. The van der Waals surface area contributed by atoms with Crippen LogP contribution in [0.5, 0.6) is 0 Å². The molecule has 0 aliphatic heterocycles. The first kappa shape index (κ1) is 50.9. The van der Waals surface area contributed by atoms with E-state index in [4.69, 9.17) is 13.8 Å². The van der Waals surface area contributed by atoms with Crippen molar-refractivity contribution in [3.8, 4) is 0 Å². The number of rotatable bonds is 36. The molecule has 0 aliphatic rings. The third-order valence-corrected chi connectivity index (χ3v) is 8.93. The van der Waals surface area contributed by atoms with Gasteiger partial charge >= 0.3 is 19.8 Å². The van der Waals surface area contributed by atoms with Crippen molar-refractivity contribution in [3.63, 3.8) is 0 Å². The van der Waals surface area contributed by atoms with E-state index in [0.717, 1.165) is 70.6 Å². The average Bonchev–Trinajstić information content (AvgIpc) is 3.14. The van der Waals surface area contributed by atoms with Crippen LogP contribution < -0.4 is 5.32 Å². The predicted octanol–water partition coefficient (Wildman–Crippen LogP) is 9.77. The molecule has 4 N–H and O–H groups in total. The zero-order chi connectivity index (χ0) is 40.0. The molecule has 308 valence electrons. The summed E-state index contributed by atoms with van der Waals surface area (Å²) in [5, 5.41) is 21.7. The van der Waals surface area contributed by atoms with Crippen LogP contribution in [-0.2, 0) is 32.7 Å². The Morgan fingerprint density at radius 2 is 1.09 bits per heavy atom. The monoisotopic (exact) mass is 779 g/mol. The second kappa shape index (κ2) is 36.9. The number of hydrogen-bond acceptors (Lipinski definition) is 8. The van der Waals surface area contributed by atoms with Gasteiger partial charge in [0, 0.05) is 12.8 Å². The second-order valence-electron chi connectivity index (χ2n) is 13.1. The molecule has 1 amide bonds. The number of carboxylic acids is 1. The fourth-order valence-corrected chi connectivity index (χ4v) is 5.64. The molecule has 0 heterocycles. The fraction of sp³-hybridized carbons (Fsp3) is 0.643. The normalized spacial score (nSPS) is 14.6. The van der Waals surface area contributed by atoms with Gasteiger partial charge in [-0.25, -0.2) is 9.36 Å². The summed E-state index contributed by atoms with van der Waals surface area (Å²) >= 11 is 0. The number of amides is 1. The summed E-state index contributed by atoms with van der Waals surface area (Å²) in [5.74, 6) is -2.46. The van der Waals surface area contributed by atoms with Crippen molar-refractivity contribution in [2.24, 2.45) is 0 Å². The lowest BCUT2D eigenvalue weighted by Crippen LogP contribution is -2.43. The van der Waals surface area contributed by atoms with E-state index >= 15 is 0 Å². The van der Waals surface area contributed by atoms with Crippen LogP contribution >= 0.6 is 7.82 Å². The van der Waals surface area contributed by atoms with E-state index in [2.05, 4.69) is 79.9 Å².